The maximum absolute atomic E-state index is 11.5. The molecule has 0 unspecified atom stereocenters. The first kappa shape index (κ1) is 12.2. The van der Waals surface area contributed by atoms with Crippen molar-refractivity contribution in [2.45, 2.75) is 12.3 Å². The number of carbonyl (C=O) groups excluding carboxylic acids is 1. The van der Waals surface area contributed by atoms with E-state index < -0.39 is 0 Å². The van der Waals surface area contributed by atoms with Gasteiger partial charge in [-0.25, -0.2) is 0 Å². The number of carbonyl (C=O) groups is 1. The van der Waals surface area contributed by atoms with Gasteiger partial charge in [0.15, 0.2) is 0 Å². The van der Waals surface area contributed by atoms with Gasteiger partial charge in [0, 0.05) is 33.6 Å². The highest BCUT2D eigenvalue weighted by Crippen LogP contribution is 2.27. The Kier molecular flexibility index (Phi) is 3.56. The van der Waals surface area contributed by atoms with Crippen molar-refractivity contribution in [3.63, 3.8) is 0 Å². The van der Waals surface area contributed by atoms with Gasteiger partial charge >= 0.3 is 0 Å². The Balaban J connectivity index is 1.88. The van der Waals surface area contributed by atoms with Crippen molar-refractivity contribution in [1.29, 1.82) is 0 Å². The standard InChI is InChI=1S/C10H16N4O2S/c1-13(2)10-11-9(16-12-10)7-5-14(6-7)8(15)3-4-17/h7,17H,3-6H2,1-2H3. The van der Waals surface area contributed by atoms with Crippen molar-refractivity contribution in [3.05, 3.63) is 5.89 Å². The Morgan fingerprint density at radius 2 is 2.29 bits per heavy atom. The molecule has 0 atom stereocenters. The fourth-order valence-corrected chi connectivity index (χ4v) is 1.86. The van der Waals surface area contributed by atoms with Crippen LogP contribution in [0.15, 0.2) is 4.52 Å². The van der Waals surface area contributed by atoms with Gasteiger partial charge in [-0.1, -0.05) is 0 Å². The molecule has 6 nitrogen and oxygen atoms in total. The van der Waals surface area contributed by atoms with E-state index in [1.807, 2.05) is 14.1 Å². The molecule has 1 fully saturated rings. The van der Waals surface area contributed by atoms with Crippen LogP contribution in [0.3, 0.4) is 0 Å². The van der Waals surface area contributed by atoms with Gasteiger partial charge in [-0.3, -0.25) is 4.79 Å². The van der Waals surface area contributed by atoms with Crippen molar-refractivity contribution >= 4 is 24.5 Å². The molecule has 0 aromatic carbocycles. The average molecular weight is 256 g/mol. The SMILES string of the molecule is CN(C)c1noc(C2CN(C(=O)CCS)C2)n1. The van der Waals surface area contributed by atoms with Gasteiger partial charge in [-0.2, -0.15) is 17.6 Å². The van der Waals surface area contributed by atoms with E-state index in [-0.39, 0.29) is 11.8 Å². The van der Waals surface area contributed by atoms with Gasteiger partial charge < -0.3 is 14.3 Å². The number of nitrogens with zero attached hydrogens (tertiary/aromatic N) is 4. The Morgan fingerprint density at radius 3 is 2.82 bits per heavy atom. The van der Waals surface area contributed by atoms with E-state index in [2.05, 4.69) is 22.8 Å². The molecule has 0 bridgehead atoms. The van der Waals surface area contributed by atoms with Crippen LogP contribution >= 0.6 is 12.6 Å². The van der Waals surface area contributed by atoms with Crippen molar-refractivity contribution in [2.75, 3.05) is 37.8 Å². The van der Waals surface area contributed by atoms with E-state index in [0.29, 0.717) is 37.1 Å². The van der Waals surface area contributed by atoms with Crippen LogP contribution in [-0.2, 0) is 4.79 Å². The van der Waals surface area contributed by atoms with Crippen LogP contribution in [0.5, 0.6) is 0 Å². The summed E-state index contributed by atoms with van der Waals surface area (Å²) in [5.74, 6) is 2.10. The van der Waals surface area contributed by atoms with Gasteiger partial charge in [0.05, 0.1) is 5.92 Å². The molecule has 1 aromatic heterocycles. The van der Waals surface area contributed by atoms with Crippen molar-refractivity contribution in [3.8, 4) is 0 Å². The maximum atomic E-state index is 11.5. The van der Waals surface area contributed by atoms with Crippen LogP contribution in [-0.4, -0.2) is 53.9 Å². The highest BCUT2D eigenvalue weighted by molar-refractivity contribution is 7.80. The van der Waals surface area contributed by atoms with Crippen LogP contribution in [0.1, 0.15) is 18.2 Å². The normalized spacial score (nSPS) is 15.8. The van der Waals surface area contributed by atoms with Crippen LogP contribution in [0.25, 0.3) is 0 Å². The predicted octanol–water partition coefficient (Wildman–Crippen LogP) is 0.381. The van der Waals surface area contributed by atoms with Crippen LogP contribution in [0.2, 0.25) is 0 Å². The van der Waals surface area contributed by atoms with Crippen LogP contribution < -0.4 is 4.90 Å². The molecule has 0 saturated carbocycles. The lowest BCUT2D eigenvalue weighted by Crippen LogP contribution is -2.48. The molecule has 0 N–H and O–H groups in total. The summed E-state index contributed by atoms with van der Waals surface area (Å²) < 4.78 is 5.16. The zero-order chi connectivity index (χ0) is 12.4. The van der Waals surface area contributed by atoms with E-state index in [9.17, 15) is 4.79 Å². The van der Waals surface area contributed by atoms with Gasteiger partial charge in [0.2, 0.25) is 11.8 Å². The topological polar surface area (TPSA) is 62.5 Å². The summed E-state index contributed by atoms with van der Waals surface area (Å²) in [4.78, 5) is 19.4. The number of aromatic nitrogens is 2. The lowest BCUT2D eigenvalue weighted by molar-refractivity contribution is -0.135. The lowest BCUT2D eigenvalue weighted by atomic mass is 10.00. The summed E-state index contributed by atoms with van der Waals surface area (Å²) >= 11 is 4.04. The lowest BCUT2D eigenvalue weighted by Gasteiger charge is -2.37. The molecule has 2 rings (SSSR count). The summed E-state index contributed by atoms with van der Waals surface area (Å²) in [6.07, 6.45) is 0.489. The third-order valence-corrected chi connectivity index (χ3v) is 2.96. The van der Waals surface area contributed by atoms with E-state index in [1.54, 1.807) is 9.80 Å². The molecule has 1 aliphatic rings. The fraction of sp³-hybridized carbons (Fsp3) is 0.700. The van der Waals surface area contributed by atoms with E-state index in [4.69, 9.17) is 4.52 Å². The smallest absolute Gasteiger partial charge is 0.265 e. The first-order valence-corrected chi connectivity index (χ1v) is 6.14. The number of amides is 1. The van der Waals surface area contributed by atoms with Gasteiger partial charge in [-0.15, -0.1) is 0 Å². The third kappa shape index (κ3) is 2.54. The Bertz CT molecular complexity index is 401. The van der Waals surface area contributed by atoms with E-state index in [0.717, 1.165) is 0 Å². The van der Waals surface area contributed by atoms with Crippen LogP contribution in [0, 0.1) is 0 Å². The average Bonchev–Trinajstić information content (AvgIpc) is 2.65. The van der Waals surface area contributed by atoms with Crippen molar-refractivity contribution in [1.82, 2.24) is 15.0 Å². The monoisotopic (exact) mass is 256 g/mol. The number of hydrogen-bond donors (Lipinski definition) is 1. The molecule has 94 valence electrons. The molecule has 0 radical (unpaired) electrons. The van der Waals surface area contributed by atoms with E-state index >= 15 is 0 Å². The predicted molar refractivity (Wildman–Crippen MR) is 66.4 cm³/mol. The molecule has 2 heterocycles. The van der Waals surface area contributed by atoms with Crippen molar-refractivity contribution < 1.29 is 9.32 Å². The number of anilines is 1. The second-order valence-electron chi connectivity index (χ2n) is 4.30. The maximum Gasteiger partial charge on any atom is 0.265 e. The number of rotatable bonds is 4. The minimum absolute atomic E-state index is 0.142. The Hall–Kier alpha value is -1.24. The zero-order valence-electron chi connectivity index (χ0n) is 9.96. The minimum Gasteiger partial charge on any atom is -0.344 e. The van der Waals surface area contributed by atoms with Gasteiger partial charge in [0.1, 0.15) is 0 Å². The molecule has 1 saturated heterocycles. The molecule has 7 heteroatoms. The van der Waals surface area contributed by atoms with Crippen molar-refractivity contribution in [2.24, 2.45) is 0 Å². The fourth-order valence-electron chi connectivity index (χ4n) is 1.67. The summed E-state index contributed by atoms with van der Waals surface area (Å²) in [7, 11) is 3.72. The number of hydrogen-bond acceptors (Lipinski definition) is 6. The molecular weight excluding hydrogens is 240 g/mol. The van der Waals surface area contributed by atoms with E-state index in [1.165, 1.54) is 0 Å². The van der Waals surface area contributed by atoms with Gasteiger partial charge in [0.25, 0.3) is 5.95 Å². The summed E-state index contributed by atoms with van der Waals surface area (Å²) in [6.45, 7) is 1.34. The summed E-state index contributed by atoms with van der Waals surface area (Å²) in [5, 5.41) is 3.85. The molecule has 0 aliphatic carbocycles. The molecule has 1 aromatic rings. The highest BCUT2D eigenvalue weighted by atomic mass is 32.1. The highest BCUT2D eigenvalue weighted by Gasteiger charge is 2.35. The molecule has 17 heavy (non-hydrogen) atoms. The molecule has 0 spiro atoms. The third-order valence-electron chi connectivity index (χ3n) is 2.74. The Labute approximate surface area is 105 Å². The molecular formula is C10H16N4O2S. The number of likely N-dealkylation sites (tertiary alicyclic amines) is 1. The Morgan fingerprint density at radius 1 is 1.59 bits per heavy atom. The van der Waals surface area contributed by atoms with Gasteiger partial charge in [-0.05, 0) is 10.9 Å². The molecule has 1 amide bonds. The molecule has 1 aliphatic heterocycles. The zero-order valence-corrected chi connectivity index (χ0v) is 10.9. The largest absolute Gasteiger partial charge is 0.344 e. The summed E-state index contributed by atoms with van der Waals surface area (Å²) in [5.41, 5.74) is 0. The number of thiol groups is 1. The van der Waals surface area contributed by atoms with Crippen LogP contribution in [0.4, 0.5) is 5.95 Å². The first-order valence-electron chi connectivity index (χ1n) is 5.51. The first-order chi connectivity index (χ1) is 8.11. The minimum atomic E-state index is 0.142. The second kappa shape index (κ2) is 4.95. The quantitative estimate of drug-likeness (QED) is 0.789. The summed E-state index contributed by atoms with van der Waals surface area (Å²) in [6, 6.07) is 0. The second-order valence-corrected chi connectivity index (χ2v) is 4.74.